The smallest absolute Gasteiger partial charge is 0.250 e. The topological polar surface area (TPSA) is 27.7 Å². The van der Waals surface area contributed by atoms with Crippen LogP contribution < -0.4 is 0 Å². The summed E-state index contributed by atoms with van der Waals surface area (Å²) in [6.45, 7) is 20.9. The van der Waals surface area contributed by atoms with Crippen molar-refractivity contribution < 1.29 is 13.9 Å². The van der Waals surface area contributed by atoms with Gasteiger partial charge in [0.1, 0.15) is 5.44 Å². The molecule has 5 heteroatoms. The Morgan fingerprint density at radius 1 is 1.00 bits per heavy atom. The lowest BCUT2D eigenvalue weighted by Gasteiger charge is -2.40. The number of hydrogen-bond donors (Lipinski definition) is 0. The predicted octanol–water partition coefficient (Wildman–Crippen LogP) is 9.06. The van der Waals surface area contributed by atoms with Crippen LogP contribution in [-0.4, -0.2) is 33.6 Å². The Hall–Kier alpha value is -0.753. The van der Waals surface area contributed by atoms with Gasteiger partial charge in [0.15, 0.2) is 0 Å². The van der Waals surface area contributed by atoms with Gasteiger partial charge in [-0.15, -0.1) is 0 Å². The summed E-state index contributed by atoms with van der Waals surface area (Å²) in [6.07, 6.45) is 8.09. The highest BCUT2D eigenvalue weighted by Crippen LogP contribution is 2.41. The van der Waals surface area contributed by atoms with Gasteiger partial charge in [0, 0.05) is 17.4 Å². The largest absolute Gasteiger partial charge is 0.546 e. The lowest BCUT2D eigenvalue weighted by atomic mass is 9.94. The van der Waals surface area contributed by atoms with Gasteiger partial charge in [0.2, 0.25) is 8.32 Å². The van der Waals surface area contributed by atoms with Crippen molar-refractivity contribution in [1.82, 2.24) is 0 Å². The van der Waals surface area contributed by atoms with E-state index in [1.807, 2.05) is 6.07 Å². The molecule has 1 aromatic rings. The molecule has 2 atom stereocenters. The average Bonchev–Trinajstić information content (AvgIpc) is 2.72. The molecular formula is C28H50O3SSi. The van der Waals surface area contributed by atoms with Crippen LogP contribution >= 0.6 is 11.8 Å². The van der Waals surface area contributed by atoms with E-state index in [0.29, 0.717) is 6.61 Å². The molecule has 1 aromatic carbocycles. The summed E-state index contributed by atoms with van der Waals surface area (Å²) >= 11 is 1.75. The van der Waals surface area contributed by atoms with E-state index in [2.05, 4.69) is 91.9 Å². The molecule has 1 rings (SSSR count). The normalized spacial score (nSPS) is 15.4. The minimum atomic E-state index is -1.92. The number of allylic oxidation sites excluding steroid dienone is 1. The highest BCUT2D eigenvalue weighted by Gasteiger charge is 2.40. The van der Waals surface area contributed by atoms with Crippen LogP contribution in [0.4, 0.5) is 0 Å². The van der Waals surface area contributed by atoms with Crippen molar-refractivity contribution in [2.75, 3.05) is 13.7 Å². The number of hydrogen-bond acceptors (Lipinski definition) is 4. The molecule has 0 aliphatic rings. The Morgan fingerprint density at radius 3 is 2.15 bits per heavy atom. The van der Waals surface area contributed by atoms with Crippen LogP contribution in [-0.2, 0) is 13.9 Å². The van der Waals surface area contributed by atoms with Gasteiger partial charge in [-0.2, -0.15) is 0 Å². The number of benzene rings is 1. The van der Waals surface area contributed by atoms with Gasteiger partial charge in [-0.25, -0.2) is 0 Å². The molecule has 0 radical (unpaired) electrons. The molecule has 0 heterocycles. The zero-order valence-electron chi connectivity index (χ0n) is 23.0. The molecule has 0 saturated carbocycles. The van der Waals surface area contributed by atoms with E-state index < -0.39 is 8.32 Å². The SMILES string of the molecule is CCCCCCC(OC/C=C(/O[Si](C)(C)C(C)(C)C)C(C)(C)C)C(OC)Sc1ccccc1. The Bertz CT molecular complexity index is 689. The second kappa shape index (κ2) is 14.0. The molecule has 33 heavy (non-hydrogen) atoms. The third-order valence-electron chi connectivity index (χ3n) is 6.36. The summed E-state index contributed by atoms with van der Waals surface area (Å²) in [7, 11) is -0.126. The van der Waals surface area contributed by atoms with Crippen molar-refractivity contribution in [3.05, 3.63) is 42.2 Å². The van der Waals surface area contributed by atoms with Crippen molar-refractivity contribution in [3.8, 4) is 0 Å². The molecule has 0 aliphatic carbocycles. The van der Waals surface area contributed by atoms with Gasteiger partial charge < -0.3 is 13.9 Å². The summed E-state index contributed by atoms with van der Waals surface area (Å²) in [6, 6.07) is 10.5. The van der Waals surface area contributed by atoms with Crippen molar-refractivity contribution in [3.63, 3.8) is 0 Å². The molecule has 2 unspecified atom stereocenters. The van der Waals surface area contributed by atoms with Crippen LogP contribution in [0.15, 0.2) is 47.1 Å². The maximum Gasteiger partial charge on any atom is 0.250 e. The van der Waals surface area contributed by atoms with E-state index in [4.69, 9.17) is 13.9 Å². The average molecular weight is 495 g/mol. The molecular weight excluding hydrogens is 444 g/mol. The summed E-state index contributed by atoms with van der Waals surface area (Å²) < 4.78 is 19.1. The summed E-state index contributed by atoms with van der Waals surface area (Å²) in [5, 5.41) is 0.160. The Labute approximate surface area is 210 Å². The molecule has 3 nitrogen and oxygen atoms in total. The van der Waals surface area contributed by atoms with Crippen molar-refractivity contribution in [2.24, 2.45) is 5.41 Å². The Balaban J connectivity index is 2.97. The van der Waals surface area contributed by atoms with Crippen LogP contribution in [0, 0.1) is 5.41 Å². The zero-order chi connectivity index (χ0) is 25.1. The maximum absolute atomic E-state index is 6.73. The van der Waals surface area contributed by atoms with Crippen LogP contribution in [0.1, 0.15) is 80.6 Å². The summed E-state index contributed by atoms with van der Waals surface area (Å²) in [5.74, 6) is 1.04. The number of ether oxygens (including phenoxy) is 2. The van der Waals surface area contributed by atoms with Gasteiger partial charge in [0.05, 0.1) is 18.5 Å². The van der Waals surface area contributed by atoms with E-state index in [1.165, 1.54) is 24.2 Å². The highest BCUT2D eigenvalue weighted by molar-refractivity contribution is 7.99. The van der Waals surface area contributed by atoms with E-state index >= 15 is 0 Å². The van der Waals surface area contributed by atoms with Crippen LogP contribution in [0.25, 0.3) is 0 Å². The van der Waals surface area contributed by atoms with Crippen LogP contribution in [0.2, 0.25) is 18.1 Å². The Morgan fingerprint density at radius 2 is 1.64 bits per heavy atom. The van der Waals surface area contributed by atoms with Crippen molar-refractivity contribution >= 4 is 20.1 Å². The molecule has 0 saturated heterocycles. The molecule has 0 amide bonds. The number of rotatable bonds is 14. The molecule has 0 N–H and O–H groups in total. The third-order valence-corrected chi connectivity index (χ3v) is 12.0. The first-order valence-corrected chi connectivity index (χ1v) is 16.4. The van der Waals surface area contributed by atoms with Gasteiger partial charge in [-0.05, 0) is 42.8 Å². The molecule has 0 fully saturated rings. The first kappa shape index (κ1) is 30.3. The first-order chi connectivity index (χ1) is 15.3. The molecule has 190 valence electrons. The fraction of sp³-hybridized carbons (Fsp3) is 0.714. The molecule has 0 aliphatic heterocycles. The second-order valence-corrected chi connectivity index (χ2v) is 17.3. The molecule has 0 bridgehead atoms. The predicted molar refractivity (Wildman–Crippen MR) is 147 cm³/mol. The van der Waals surface area contributed by atoms with E-state index in [1.54, 1.807) is 18.9 Å². The minimum absolute atomic E-state index is 0.0300. The fourth-order valence-corrected chi connectivity index (χ4v) is 5.45. The monoisotopic (exact) mass is 494 g/mol. The molecule has 0 spiro atoms. The summed E-state index contributed by atoms with van der Waals surface area (Å²) in [5.41, 5.74) is -0.101. The third kappa shape index (κ3) is 11.0. The first-order valence-electron chi connectivity index (χ1n) is 12.6. The lowest BCUT2D eigenvalue weighted by molar-refractivity contribution is -0.0123. The van der Waals surface area contributed by atoms with Crippen molar-refractivity contribution in [2.45, 2.75) is 115 Å². The van der Waals surface area contributed by atoms with E-state index in [0.717, 1.165) is 18.6 Å². The summed E-state index contributed by atoms with van der Waals surface area (Å²) in [4.78, 5) is 1.21. The fourth-order valence-electron chi connectivity index (χ4n) is 3.16. The number of unbranched alkanes of at least 4 members (excludes halogenated alkanes) is 3. The van der Waals surface area contributed by atoms with Gasteiger partial charge in [-0.3, -0.25) is 0 Å². The van der Waals surface area contributed by atoms with E-state index in [9.17, 15) is 0 Å². The van der Waals surface area contributed by atoms with Crippen LogP contribution in [0.5, 0.6) is 0 Å². The lowest BCUT2D eigenvalue weighted by Crippen LogP contribution is -2.42. The zero-order valence-corrected chi connectivity index (χ0v) is 24.8. The minimum Gasteiger partial charge on any atom is -0.546 e. The Kier molecular flexibility index (Phi) is 12.8. The second-order valence-electron chi connectivity index (χ2n) is 11.4. The standard InChI is InChI=1S/C28H50O3SSi/c1-11-12-13-17-20-24(26(29-8)32-23-18-15-14-16-19-23)30-22-21-25(27(2,3)4)31-33(9,10)28(5,6)7/h14-16,18-19,21,24,26H,11-13,17,20,22H2,1-10H3/b25-21+. The number of methoxy groups -OCH3 is 1. The highest BCUT2D eigenvalue weighted by atomic mass is 32.2. The maximum atomic E-state index is 6.73. The van der Waals surface area contributed by atoms with Gasteiger partial charge in [-0.1, -0.05) is 104 Å². The van der Waals surface area contributed by atoms with Gasteiger partial charge in [0.25, 0.3) is 0 Å². The van der Waals surface area contributed by atoms with E-state index in [-0.39, 0.29) is 22.0 Å². The molecule has 0 aromatic heterocycles. The van der Waals surface area contributed by atoms with Crippen LogP contribution in [0.3, 0.4) is 0 Å². The number of thioether (sulfide) groups is 1. The van der Waals surface area contributed by atoms with Crippen molar-refractivity contribution in [1.29, 1.82) is 0 Å². The van der Waals surface area contributed by atoms with Gasteiger partial charge >= 0.3 is 0 Å². The quantitative estimate of drug-likeness (QED) is 0.0847.